The zero-order valence-electron chi connectivity index (χ0n) is 10.2. The van der Waals surface area contributed by atoms with Crippen molar-refractivity contribution in [2.45, 2.75) is 50.8 Å². The first kappa shape index (κ1) is 13.1. The first-order valence-corrected chi connectivity index (χ1v) is 7.15. The van der Waals surface area contributed by atoms with Crippen molar-refractivity contribution < 1.29 is 5.11 Å². The predicted molar refractivity (Wildman–Crippen MR) is 74.0 cm³/mol. The highest BCUT2D eigenvalue weighted by atomic mass is 79.9. The summed E-state index contributed by atoms with van der Waals surface area (Å²) in [6.45, 7) is 2.16. The monoisotopic (exact) mass is 297 g/mol. The molecule has 0 heterocycles. The standard InChI is InChI=1S/C14H20BrNO/c1-10(11-5-4-6-12(15)9-11)16-13-7-2-3-8-14(13)17/h4-6,9-10,13-14,16-17H,2-3,7-8H2,1H3. The fraction of sp³-hybridized carbons (Fsp3) is 0.571. The molecule has 2 nitrogen and oxygen atoms in total. The average Bonchev–Trinajstić information content (AvgIpc) is 2.32. The molecule has 1 saturated carbocycles. The summed E-state index contributed by atoms with van der Waals surface area (Å²) in [5.41, 5.74) is 1.26. The minimum absolute atomic E-state index is 0.182. The first-order chi connectivity index (χ1) is 8.16. The van der Waals surface area contributed by atoms with Crippen LogP contribution in [0.15, 0.2) is 28.7 Å². The molecule has 2 N–H and O–H groups in total. The number of hydrogen-bond donors (Lipinski definition) is 2. The van der Waals surface area contributed by atoms with E-state index in [0.29, 0.717) is 0 Å². The molecule has 1 fully saturated rings. The van der Waals surface area contributed by atoms with E-state index >= 15 is 0 Å². The van der Waals surface area contributed by atoms with E-state index in [1.807, 2.05) is 6.07 Å². The second kappa shape index (κ2) is 5.98. The summed E-state index contributed by atoms with van der Waals surface area (Å²) < 4.78 is 1.10. The molecular formula is C14H20BrNO. The van der Waals surface area contributed by atoms with Crippen molar-refractivity contribution in [3.63, 3.8) is 0 Å². The molecule has 1 aromatic carbocycles. The van der Waals surface area contributed by atoms with Crippen LogP contribution in [-0.4, -0.2) is 17.3 Å². The van der Waals surface area contributed by atoms with E-state index in [0.717, 1.165) is 23.7 Å². The highest BCUT2D eigenvalue weighted by molar-refractivity contribution is 9.10. The molecule has 0 saturated heterocycles. The molecule has 3 heteroatoms. The lowest BCUT2D eigenvalue weighted by molar-refractivity contribution is 0.0860. The number of aliphatic hydroxyl groups excluding tert-OH is 1. The van der Waals surface area contributed by atoms with Gasteiger partial charge in [0.15, 0.2) is 0 Å². The maximum absolute atomic E-state index is 9.95. The zero-order valence-corrected chi connectivity index (χ0v) is 11.8. The van der Waals surface area contributed by atoms with Gasteiger partial charge in [-0.3, -0.25) is 0 Å². The Balaban J connectivity index is 1.98. The lowest BCUT2D eigenvalue weighted by atomic mass is 9.91. The third-order valence-electron chi connectivity index (χ3n) is 3.54. The van der Waals surface area contributed by atoms with Gasteiger partial charge in [0.2, 0.25) is 0 Å². The molecule has 0 aliphatic heterocycles. The Morgan fingerprint density at radius 2 is 2.12 bits per heavy atom. The van der Waals surface area contributed by atoms with Crippen LogP contribution in [0.3, 0.4) is 0 Å². The minimum atomic E-state index is -0.182. The normalized spacial score (nSPS) is 26.8. The van der Waals surface area contributed by atoms with E-state index in [2.05, 4.69) is 46.4 Å². The van der Waals surface area contributed by atoms with E-state index in [9.17, 15) is 5.11 Å². The summed E-state index contributed by atoms with van der Waals surface area (Å²) in [6.07, 6.45) is 4.21. The highest BCUT2D eigenvalue weighted by Gasteiger charge is 2.24. The van der Waals surface area contributed by atoms with Crippen molar-refractivity contribution in [2.24, 2.45) is 0 Å². The van der Waals surface area contributed by atoms with Gasteiger partial charge in [-0.2, -0.15) is 0 Å². The van der Waals surface area contributed by atoms with Gasteiger partial charge in [-0.15, -0.1) is 0 Å². The van der Waals surface area contributed by atoms with Crippen molar-refractivity contribution in [1.29, 1.82) is 0 Å². The Morgan fingerprint density at radius 1 is 1.35 bits per heavy atom. The van der Waals surface area contributed by atoms with Crippen LogP contribution < -0.4 is 5.32 Å². The fourth-order valence-electron chi connectivity index (χ4n) is 2.50. The second-order valence-electron chi connectivity index (χ2n) is 4.90. The lowest BCUT2D eigenvalue weighted by Gasteiger charge is -2.31. The van der Waals surface area contributed by atoms with Crippen molar-refractivity contribution >= 4 is 15.9 Å². The topological polar surface area (TPSA) is 32.3 Å². The van der Waals surface area contributed by atoms with E-state index in [-0.39, 0.29) is 18.2 Å². The van der Waals surface area contributed by atoms with E-state index < -0.39 is 0 Å². The number of nitrogens with one attached hydrogen (secondary N) is 1. The van der Waals surface area contributed by atoms with Gasteiger partial charge in [0, 0.05) is 16.6 Å². The molecule has 3 unspecified atom stereocenters. The Hall–Kier alpha value is -0.380. The van der Waals surface area contributed by atoms with Gasteiger partial charge < -0.3 is 10.4 Å². The SMILES string of the molecule is CC(NC1CCCCC1O)c1cccc(Br)c1. The predicted octanol–water partition coefficient (Wildman–Crippen LogP) is 3.40. The molecule has 0 spiro atoms. The summed E-state index contributed by atoms with van der Waals surface area (Å²) >= 11 is 3.49. The van der Waals surface area contributed by atoms with Gasteiger partial charge in [-0.1, -0.05) is 40.9 Å². The molecule has 0 radical (unpaired) electrons. The molecule has 1 aromatic rings. The molecule has 0 bridgehead atoms. The third-order valence-corrected chi connectivity index (χ3v) is 4.04. The zero-order chi connectivity index (χ0) is 12.3. The number of hydrogen-bond acceptors (Lipinski definition) is 2. The minimum Gasteiger partial charge on any atom is -0.392 e. The Bertz CT molecular complexity index is 369. The molecule has 2 rings (SSSR count). The smallest absolute Gasteiger partial charge is 0.0693 e. The van der Waals surface area contributed by atoms with Gasteiger partial charge in [0.25, 0.3) is 0 Å². The van der Waals surface area contributed by atoms with Crippen LogP contribution in [0.5, 0.6) is 0 Å². The molecule has 94 valence electrons. The summed E-state index contributed by atoms with van der Waals surface area (Å²) in [4.78, 5) is 0. The van der Waals surface area contributed by atoms with Crippen LogP contribution in [0.25, 0.3) is 0 Å². The number of halogens is 1. The first-order valence-electron chi connectivity index (χ1n) is 6.36. The van der Waals surface area contributed by atoms with Crippen molar-refractivity contribution in [3.05, 3.63) is 34.3 Å². The van der Waals surface area contributed by atoms with E-state index in [1.54, 1.807) is 0 Å². The summed E-state index contributed by atoms with van der Waals surface area (Å²) in [6, 6.07) is 8.87. The number of benzene rings is 1. The van der Waals surface area contributed by atoms with Crippen LogP contribution >= 0.6 is 15.9 Å². The molecular weight excluding hydrogens is 278 g/mol. The van der Waals surface area contributed by atoms with Crippen LogP contribution in [0, 0.1) is 0 Å². The average molecular weight is 298 g/mol. The van der Waals surface area contributed by atoms with Crippen LogP contribution in [0.4, 0.5) is 0 Å². The maximum atomic E-state index is 9.95. The Labute approximate surface area is 112 Å². The Kier molecular flexibility index (Phi) is 4.60. The summed E-state index contributed by atoms with van der Waals surface area (Å²) in [5, 5.41) is 13.5. The van der Waals surface area contributed by atoms with Gasteiger partial charge in [-0.05, 0) is 37.5 Å². The third kappa shape index (κ3) is 3.54. The van der Waals surface area contributed by atoms with Gasteiger partial charge in [0.1, 0.15) is 0 Å². The van der Waals surface area contributed by atoms with Crippen molar-refractivity contribution in [2.75, 3.05) is 0 Å². The van der Waals surface area contributed by atoms with Crippen LogP contribution in [0.2, 0.25) is 0 Å². The second-order valence-corrected chi connectivity index (χ2v) is 5.82. The molecule has 3 atom stereocenters. The fourth-order valence-corrected chi connectivity index (χ4v) is 2.92. The maximum Gasteiger partial charge on any atom is 0.0693 e. The molecule has 0 aromatic heterocycles. The van der Waals surface area contributed by atoms with E-state index in [4.69, 9.17) is 0 Å². The molecule has 1 aliphatic carbocycles. The quantitative estimate of drug-likeness (QED) is 0.896. The van der Waals surface area contributed by atoms with Crippen LogP contribution in [0.1, 0.15) is 44.2 Å². The molecule has 1 aliphatic rings. The largest absolute Gasteiger partial charge is 0.392 e. The molecule has 17 heavy (non-hydrogen) atoms. The van der Waals surface area contributed by atoms with Crippen LogP contribution in [-0.2, 0) is 0 Å². The summed E-state index contributed by atoms with van der Waals surface area (Å²) in [7, 11) is 0. The Morgan fingerprint density at radius 3 is 2.82 bits per heavy atom. The van der Waals surface area contributed by atoms with Gasteiger partial charge >= 0.3 is 0 Å². The van der Waals surface area contributed by atoms with Crippen molar-refractivity contribution in [3.8, 4) is 0 Å². The van der Waals surface area contributed by atoms with E-state index in [1.165, 1.54) is 12.0 Å². The lowest BCUT2D eigenvalue weighted by Crippen LogP contribution is -2.43. The molecule has 0 amide bonds. The number of aliphatic hydroxyl groups is 1. The van der Waals surface area contributed by atoms with Crippen molar-refractivity contribution in [1.82, 2.24) is 5.32 Å². The number of rotatable bonds is 3. The highest BCUT2D eigenvalue weighted by Crippen LogP contribution is 2.23. The van der Waals surface area contributed by atoms with Gasteiger partial charge in [-0.25, -0.2) is 0 Å². The van der Waals surface area contributed by atoms with Gasteiger partial charge in [0.05, 0.1) is 6.10 Å². The summed E-state index contributed by atoms with van der Waals surface area (Å²) in [5.74, 6) is 0.